The normalized spacial score (nSPS) is 11.0. The zero-order valence-electron chi connectivity index (χ0n) is 9.36. The van der Waals surface area contributed by atoms with Gasteiger partial charge in [0, 0.05) is 7.05 Å². The number of carbonyl (C=O) groups excluding carboxylic acids is 1. The lowest BCUT2D eigenvalue weighted by Gasteiger charge is -2.09. The van der Waals surface area contributed by atoms with Crippen LogP contribution < -0.4 is 11.1 Å². The van der Waals surface area contributed by atoms with Crippen molar-refractivity contribution >= 4 is 17.6 Å². The van der Waals surface area contributed by atoms with Crippen LogP contribution in [0.5, 0.6) is 0 Å². The first-order valence-corrected chi connectivity index (χ1v) is 4.94. The number of carbonyl (C=O) groups is 1. The fraction of sp³-hybridized carbons (Fsp3) is 0.273. The molecular weight excluding hydrogens is 206 g/mol. The summed E-state index contributed by atoms with van der Waals surface area (Å²) in [5.41, 5.74) is 6.56. The van der Waals surface area contributed by atoms with E-state index in [1.165, 1.54) is 0 Å². The highest BCUT2D eigenvalue weighted by molar-refractivity contribution is 6.01. The number of nitrogens with one attached hydrogen (secondary N) is 1. The number of rotatable bonds is 3. The van der Waals surface area contributed by atoms with Crippen LogP contribution in [-0.4, -0.2) is 25.6 Å². The summed E-state index contributed by atoms with van der Waals surface area (Å²) in [6.45, 7) is 2.10. The smallest absolute Gasteiger partial charge is 0.340 e. The molecule has 0 aliphatic carbocycles. The molecule has 0 aromatic heterocycles. The highest BCUT2D eigenvalue weighted by Gasteiger charge is 2.11. The van der Waals surface area contributed by atoms with Crippen molar-refractivity contribution in [1.29, 1.82) is 0 Å². The Morgan fingerprint density at radius 1 is 1.50 bits per heavy atom. The Hall–Kier alpha value is -2.04. The number of anilines is 1. The van der Waals surface area contributed by atoms with Gasteiger partial charge >= 0.3 is 5.97 Å². The van der Waals surface area contributed by atoms with Crippen LogP contribution >= 0.6 is 0 Å². The summed E-state index contributed by atoms with van der Waals surface area (Å²) >= 11 is 0. The number of esters is 1. The van der Waals surface area contributed by atoms with Crippen LogP contribution in [0.3, 0.4) is 0 Å². The molecule has 0 bridgehead atoms. The van der Waals surface area contributed by atoms with Crippen molar-refractivity contribution in [3.63, 3.8) is 0 Å². The number of aliphatic imine (C=N–C) groups is 1. The molecule has 0 heterocycles. The quantitative estimate of drug-likeness (QED) is 0.457. The molecule has 0 aliphatic heterocycles. The Morgan fingerprint density at radius 3 is 2.81 bits per heavy atom. The Bertz CT molecular complexity index is 402. The minimum atomic E-state index is -0.380. The van der Waals surface area contributed by atoms with Gasteiger partial charge in [-0.3, -0.25) is 4.99 Å². The molecule has 5 heteroatoms. The van der Waals surface area contributed by atoms with Gasteiger partial charge in [-0.2, -0.15) is 0 Å². The first-order valence-electron chi connectivity index (χ1n) is 4.94. The number of benzene rings is 1. The third kappa shape index (κ3) is 2.98. The van der Waals surface area contributed by atoms with Gasteiger partial charge in [-0.15, -0.1) is 0 Å². The molecule has 0 amide bonds. The van der Waals surface area contributed by atoms with Crippen LogP contribution in [0.4, 0.5) is 5.69 Å². The number of ether oxygens (including phenoxy) is 1. The molecule has 3 N–H and O–H groups in total. The average Bonchev–Trinajstić information content (AvgIpc) is 2.30. The molecule has 0 saturated carbocycles. The highest BCUT2D eigenvalue weighted by atomic mass is 16.5. The van der Waals surface area contributed by atoms with E-state index >= 15 is 0 Å². The second kappa shape index (κ2) is 5.75. The number of nitrogens with two attached hydrogens (primary N) is 1. The molecule has 0 atom stereocenters. The molecule has 0 unspecified atom stereocenters. The van der Waals surface area contributed by atoms with Gasteiger partial charge < -0.3 is 15.8 Å². The Morgan fingerprint density at radius 2 is 2.19 bits per heavy atom. The topological polar surface area (TPSA) is 76.7 Å². The molecule has 1 rings (SSSR count). The summed E-state index contributed by atoms with van der Waals surface area (Å²) in [4.78, 5) is 15.4. The van der Waals surface area contributed by atoms with Gasteiger partial charge in [-0.25, -0.2) is 4.79 Å². The monoisotopic (exact) mass is 221 g/mol. The van der Waals surface area contributed by atoms with Gasteiger partial charge in [0.2, 0.25) is 0 Å². The van der Waals surface area contributed by atoms with E-state index in [0.29, 0.717) is 17.9 Å². The standard InChI is InChI=1S/C11H15N3O2/c1-3-16-10(15)8-6-4-5-7-9(8)14-11(12)13-2/h4-7H,3H2,1-2H3,(H3,12,13,14). The van der Waals surface area contributed by atoms with Gasteiger partial charge in [0.05, 0.1) is 17.9 Å². The fourth-order valence-electron chi connectivity index (χ4n) is 1.17. The maximum atomic E-state index is 11.6. The van der Waals surface area contributed by atoms with Crippen LogP contribution in [0, 0.1) is 0 Å². The van der Waals surface area contributed by atoms with Crippen LogP contribution in [0.2, 0.25) is 0 Å². The molecule has 1 aromatic rings. The van der Waals surface area contributed by atoms with Crippen molar-refractivity contribution in [2.45, 2.75) is 6.92 Å². The Balaban J connectivity index is 2.96. The van der Waals surface area contributed by atoms with Crippen LogP contribution in [0.1, 0.15) is 17.3 Å². The lowest BCUT2D eigenvalue weighted by molar-refractivity contribution is 0.0527. The van der Waals surface area contributed by atoms with Crippen LogP contribution in [0.15, 0.2) is 29.3 Å². The summed E-state index contributed by atoms with van der Waals surface area (Å²) < 4.78 is 4.92. The van der Waals surface area contributed by atoms with Crippen LogP contribution in [-0.2, 0) is 4.74 Å². The number of guanidine groups is 1. The summed E-state index contributed by atoms with van der Waals surface area (Å²) in [5, 5.41) is 2.83. The number of hydrogen-bond acceptors (Lipinski definition) is 3. The van der Waals surface area contributed by atoms with Crippen molar-refractivity contribution in [1.82, 2.24) is 0 Å². The molecule has 86 valence electrons. The third-order valence-electron chi connectivity index (χ3n) is 1.93. The van der Waals surface area contributed by atoms with E-state index in [1.54, 1.807) is 38.2 Å². The van der Waals surface area contributed by atoms with E-state index in [4.69, 9.17) is 10.5 Å². The summed E-state index contributed by atoms with van der Waals surface area (Å²) in [6, 6.07) is 6.97. The van der Waals surface area contributed by atoms with E-state index < -0.39 is 0 Å². The molecule has 0 aliphatic rings. The van der Waals surface area contributed by atoms with E-state index in [-0.39, 0.29) is 11.9 Å². The maximum Gasteiger partial charge on any atom is 0.340 e. The summed E-state index contributed by atoms with van der Waals surface area (Å²) in [5.74, 6) is -0.133. The molecule has 0 saturated heterocycles. The molecule has 5 nitrogen and oxygen atoms in total. The second-order valence-corrected chi connectivity index (χ2v) is 3.00. The van der Waals surface area contributed by atoms with Crippen molar-refractivity contribution in [3.05, 3.63) is 29.8 Å². The van der Waals surface area contributed by atoms with Gasteiger partial charge in [0.1, 0.15) is 0 Å². The first-order chi connectivity index (χ1) is 7.69. The van der Waals surface area contributed by atoms with Crippen molar-refractivity contribution in [2.24, 2.45) is 10.7 Å². The Kier molecular flexibility index (Phi) is 4.32. The van der Waals surface area contributed by atoms with Gasteiger partial charge in [0.15, 0.2) is 5.96 Å². The SMILES string of the molecule is CCOC(=O)c1ccccc1NC(N)=NC. The van der Waals surface area contributed by atoms with Gasteiger partial charge in [-0.1, -0.05) is 12.1 Å². The van der Waals surface area contributed by atoms with Crippen molar-refractivity contribution < 1.29 is 9.53 Å². The number of hydrogen-bond donors (Lipinski definition) is 2. The first kappa shape index (κ1) is 12.0. The second-order valence-electron chi connectivity index (χ2n) is 3.00. The van der Waals surface area contributed by atoms with Crippen LogP contribution in [0.25, 0.3) is 0 Å². The van der Waals surface area contributed by atoms with E-state index in [0.717, 1.165) is 0 Å². The minimum absolute atomic E-state index is 0.247. The molecule has 0 fully saturated rings. The van der Waals surface area contributed by atoms with Crippen molar-refractivity contribution in [3.8, 4) is 0 Å². The highest BCUT2D eigenvalue weighted by Crippen LogP contribution is 2.15. The predicted octanol–water partition coefficient (Wildman–Crippen LogP) is 1.22. The summed E-state index contributed by atoms with van der Waals surface area (Å²) in [7, 11) is 1.56. The zero-order chi connectivity index (χ0) is 12.0. The van der Waals surface area contributed by atoms with Gasteiger partial charge in [-0.05, 0) is 19.1 Å². The maximum absolute atomic E-state index is 11.6. The average molecular weight is 221 g/mol. The van der Waals surface area contributed by atoms with Gasteiger partial charge in [0.25, 0.3) is 0 Å². The van der Waals surface area contributed by atoms with E-state index in [9.17, 15) is 4.79 Å². The minimum Gasteiger partial charge on any atom is -0.462 e. The van der Waals surface area contributed by atoms with E-state index in [1.807, 2.05) is 0 Å². The number of para-hydroxylation sites is 1. The van der Waals surface area contributed by atoms with Crippen molar-refractivity contribution in [2.75, 3.05) is 19.0 Å². The largest absolute Gasteiger partial charge is 0.462 e. The molecule has 16 heavy (non-hydrogen) atoms. The zero-order valence-corrected chi connectivity index (χ0v) is 9.36. The lowest BCUT2D eigenvalue weighted by atomic mass is 10.2. The van der Waals surface area contributed by atoms with E-state index in [2.05, 4.69) is 10.3 Å². The number of nitrogens with zero attached hydrogens (tertiary/aromatic N) is 1. The molecule has 1 aromatic carbocycles. The third-order valence-corrected chi connectivity index (χ3v) is 1.93. The lowest BCUT2D eigenvalue weighted by Crippen LogP contribution is -2.23. The molecular formula is C11H15N3O2. The summed E-state index contributed by atoms with van der Waals surface area (Å²) in [6.07, 6.45) is 0. The Labute approximate surface area is 94.3 Å². The molecule has 0 radical (unpaired) electrons. The molecule has 0 spiro atoms. The fourth-order valence-corrected chi connectivity index (χ4v) is 1.17. The predicted molar refractivity (Wildman–Crippen MR) is 63.6 cm³/mol.